The minimum atomic E-state index is -2.58. The van der Waals surface area contributed by atoms with Gasteiger partial charge >= 0.3 is 0 Å². The lowest BCUT2D eigenvalue weighted by molar-refractivity contribution is -0.145. The van der Waals surface area contributed by atoms with Crippen molar-refractivity contribution in [3.05, 3.63) is 54.4 Å². The maximum atomic E-state index is 13.1. The molecule has 0 saturated heterocycles. The highest BCUT2D eigenvalue weighted by Gasteiger charge is 2.58. The summed E-state index contributed by atoms with van der Waals surface area (Å²) >= 11 is -2.58. The minimum Gasteiger partial charge on any atom is -0.755 e. The minimum absolute atomic E-state index is 0.0123. The Kier molecular flexibility index (Phi) is 5.25. The third-order valence-corrected chi connectivity index (χ3v) is 8.19. The van der Waals surface area contributed by atoms with E-state index in [1.54, 1.807) is 42.6 Å². The van der Waals surface area contributed by atoms with Gasteiger partial charge in [0.25, 0.3) is 5.91 Å². The Bertz CT molecular complexity index is 1060. The van der Waals surface area contributed by atoms with Crippen LogP contribution in [0.25, 0.3) is 0 Å². The number of benzene rings is 1. The molecule has 0 spiro atoms. The summed E-state index contributed by atoms with van der Waals surface area (Å²) in [6.45, 7) is 0. The molecule has 3 atom stereocenters. The number of anilines is 2. The summed E-state index contributed by atoms with van der Waals surface area (Å²) in [5, 5.41) is 3.19. The zero-order chi connectivity index (χ0) is 22.5. The molecule has 1 aromatic carbocycles. The third kappa shape index (κ3) is 3.59. The van der Waals surface area contributed by atoms with Crippen LogP contribution in [0.1, 0.15) is 42.5 Å². The predicted octanol–water partition coefficient (Wildman–Crippen LogP) is 2.42. The van der Waals surface area contributed by atoms with Gasteiger partial charge in [0.2, 0.25) is 5.91 Å². The largest absolute Gasteiger partial charge is 0.755 e. The predicted molar refractivity (Wildman–Crippen MR) is 118 cm³/mol. The van der Waals surface area contributed by atoms with Crippen molar-refractivity contribution in [3.63, 3.8) is 0 Å². The first-order chi connectivity index (χ1) is 15.4. The molecule has 1 aromatic heterocycles. The van der Waals surface area contributed by atoms with Gasteiger partial charge in [0, 0.05) is 23.2 Å². The van der Waals surface area contributed by atoms with Crippen LogP contribution in [0.15, 0.2) is 48.8 Å². The van der Waals surface area contributed by atoms with Crippen molar-refractivity contribution in [2.24, 2.45) is 28.9 Å². The smallest absolute Gasteiger partial charge is 0.251 e. The van der Waals surface area contributed by atoms with Crippen LogP contribution in [0.5, 0.6) is 0 Å². The summed E-state index contributed by atoms with van der Waals surface area (Å²) < 4.78 is 24.9. The summed E-state index contributed by atoms with van der Waals surface area (Å²) in [5.74, 6) is 0.580. The fraction of sp³-hybridized carbons (Fsp3) is 0.435. The zero-order valence-electron chi connectivity index (χ0n) is 17.5. The van der Waals surface area contributed by atoms with E-state index in [0.717, 1.165) is 36.4 Å². The SMILES string of the molecule is NC(=O)C12CC3CC(C1)C(NC(=O)c1cccc(N(c4cccnc4)S(=O)[O-])c1)C(C3)C2. The zero-order valence-corrected chi connectivity index (χ0v) is 18.3. The second kappa shape index (κ2) is 7.97. The summed E-state index contributed by atoms with van der Waals surface area (Å²) in [4.78, 5) is 29.3. The normalized spacial score (nSPS) is 31.2. The van der Waals surface area contributed by atoms with Crippen molar-refractivity contribution >= 4 is 34.5 Å². The second-order valence-corrected chi connectivity index (χ2v) is 10.2. The van der Waals surface area contributed by atoms with Gasteiger partial charge in [0.15, 0.2) is 0 Å². The number of carbonyl (C=O) groups is 2. The van der Waals surface area contributed by atoms with Gasteiger partial charge in [-0.3, -0.25) is 23.1 Å². The molecule has 4 bridgehead atoms. The number of carbonyl (C=O) groups excluding carboxylic acids is 2. The molecule has 2 aromatic rings. The van der Waals surface area contributed by atoms with E-state index in [1.807, 2.05) is 0 Å². The van der Waals surface area contributed by atoms with Crippen molar-refractivity contribution in [2.75, 3.05) is 4.31 Å². The number of nitrogens with two attached hydrogens (primary N) is 1. The number of hydrogen-bond acceptors (Lipinski definition) is 5. The molecule has 4 aliphatic carbocycles. The molecule has 0 aliphatic heterocycles. The topological polar surface area (TPSA) is 128 Å². The number of primary amides is 1. The molecule has 32 heavy (non-hydrogen) atoms. The van der Waals surface area contributed by atoms with Crippen LogP contribution in [0.3, 0.4) is 0 Å². The first-order valence-electron chi connectivity index (χ1n) is 10.9. The number of pyridine rings is 1. The summed E-state index contributed by atoms with van der Waals surface area (Å²) in [6.07, 6.45) is 7.41. The molecule has 9 heteroatoms. The van der Waals surface area contributed by atoms with Crippen LogP contribution in [-0.2, 0) is 16.1 Å². The standard InChI is InChI=1S/C23H26N4O4S/c24-22(29)23-10-14-7-16(11-23)20(17(8-14)12-23)26-21(28)15-3-1-4-18(9-15)27(32(30)31)19-5-2-6-25-13-19/h1-6,9,13-14,16-17,20H,7-8,10-12H2,(H2,24,29)(H,26,28)(H,30,31)/p-1. The maximum Gasteiger partial charge on any atom is 0.251 e. The summed E-state index contributed by atoms with van der Waals surface area (Å²) in [6, 6.07) is 9.85. The molecule has 3 N–H and O–H groups in total. The van der Waals surface area contributed by atoms with E-state index in [9.17, 15) is 18.4 Å². The number of hydrogen-bond donors (Lipinski definition) is 2. The number of aromatic nitrogens is 1. The lowest BCUT2D eigenvalue weighted by atomic mass is 9.47. The van der Waals surface area contributed by atoms with Crippen molar-refractivity contribution in [1.82, 2.24) is 10.3 Å². The molecule has 168 valence electrons. The molecule has 0 radical (unpaired) electrons. The first kappa shape index (κ1) is 21.1. The average molecular weight is 454 g/mol. The maximum absolute atomic E-state index is 13.1. The van der Waals surface area contributed by atoms with Gasteiger partial charge < -0.3 is 15.6 Å². The summed E-state index contributed by atoms with van der Waals surface area (Å²) in [5.41, 5.74) is 6.49. The van der Waals surface area contributed by atoms with Crippen molar-refractivity contribution in [2.45, 2.75) is 38.1 Å². The highest BCUT2D eigenvalue weighted by Crippen LogP contribution is 2.59. The Balaban J connectivity index is 1.36. The van der Waals surface area contributed by atoms with Gasteiger partial charge in [0.05, 0.1) is 28.8 Å². The molecule has 1 heterocycles. The van der Waals surface area contributed by atoms with Crippen molar-refractivity contribution in [3.8, 4) is 0 Å². The molecule has 3 unspecified atom stereocenters. The molecule has 2 amide bonds. The Morgan fingerprint density at radius 2 is 1.84 bits per heavy atom. The van der Waals surface area contributed by atoms with E-state index >= 15 is 0 Å². The molecule has 4 aliphatic rings. The number of rotatable bonds is 6. The molecule has 4 fully saturated rings. The van der Waals surface area contributed by atoms with Gasteiger partial charge in [-0.15, -0.1) is 0 Å². The van der Waals surface area contributed by atoms with Gasteiger partial charge in [-0.2, -0.15) is 0 Å². The van der Waals surface area contributed by atoms with Gasteiger partial charge in [-0.25, -0.2) is 0 Å². The van der Waals surface area contributed by atoms with Crippen LogP contribution >= 0.6 is 0 Å². The van der Waals surface area contributed by atoms with Crippen LogP contribution in [0.2, 0.25) is 0 Å². The third-order valence-electron chi connectivity index (χ3n) is 7.47. The van der Waals surface area contributed by atoms with E-state index in [4.69, 9.17) is 5.73 Å². The number of nitrogens with one attached hydrogen (secondary N) is 1. The van der Waals surface area contributed by atoms with E-state index in [-0.39, 0.29) is 29.7 Å². The van der Waals surface area contributed by atoms with Gasteiger partial charge in [-0.1, -0.05) is 6.07 Å². The second-order valence-electron chi connectivity index (χ2n) is 9.39. The molecule has 6 rings (SSSR count). The lowest BCUT2D eigenvalue weighted by Crippen LogP contribution is -2.62. The molecule has 4 saturated carbocycles. The quantitative estimate of drug-likeness (QED) is 0.649. The summed E-state index contributed by atoms with van der Waals surface area (Å²) in [7, 11) is 0. The van der Waals surface area contributed by atoms with Crippen LogP contribution < -0.4 is 15.4 Å². The van der Waals surface area contributed by atoms with Crippen molar-refractivity contribution in [1.29, 1.82) is 0 Å². The first-order valence-corrected chi connectivity index (χ1v) is 11.9. The van der Waals surface area contributed by atoms with Gasteiger partial charge in [0.1, 0.15) is 0 Å². The van der Waals surface area contributed by atoms with Crippen LogP contribution in [0, 0.1) is 23.2 Å². The fourth-order valence-electron chi connectivity index (χ4n) is 6.37. The monoisotopic (exact) mass is 453 g/mol. The Morgan fingerprint density at radius 3 is 2.47 bits per heavy atom. The Labute approximate surface area is 189 Å². The van der Waals surface area contributed by atoms with Crippen LogP contribution in [-0.4, -0.2) is 31.6 Å². The number of amides is 2. The fourth-order valence-corrected chi connectivity index (χ4v) is 6.93. The van der Waals surface area contributed by atoms with Crippen molar-refractivity contribution < 1.29 is 18.4 Å². The van der Waals surface area contributed by atoms with E-state index in [0.29, 0.717) is 22.9 Å². The Morgan fingerprint density at radius 1 is 1.12 bits per heavy atom. The molecule has 8 nitrogen and oxygen atoms in total. The molecular formula is C23H25N4O4S-. The van der Waals surface area contributed by atoms with E-state index in [1.165, 1.54) is 6.20 Å². The average Bonchev–Trinajstić information content (AvgIpc) is 2.76. The Hall–Kier alpha value is -2.78. The lowest BCUT2D eigenvalue weighted by Gasteiger charge is -2.58. The highest BCUT2D eigenvalue weighted by atomic mass is 32.2. The number of nitrogens with zero attached hydrogens (tertiary/aromatic N) is 2. The van der Waals surface area contributed by atoms with E-state index in [2.05, 4.69) is 10.3 Å². The van der Waals surface area contributed by atoms with Crippen LogP contribution in [0.4, 0.5) is 11.4 Å². The molecular weight excluding hydrogens is 428 g/mol. The van der Waals surface area contributed by atoms with Gasteiger partial charge in [-0.05, 0) is 80.2 Å². The van der Waals surface area contributed by atoms with E-state index < -0.39 is 16.7 Å². The highest BCUT2D eigenvalue weighted by molar-refractivity contribution is 7.81.